The standard InChI is InChI=1S/C8H6N2O2.C8H3NO2/c9-10-7(11)5-3-1-2-4-6(5)8(10)12;10-7-5-2-1-4-3-6(5)8(11)9(4)7/h1-4H,9H2;1-3H. The average molecular weight is 307 g/mol. The van der Waals surface area contributed by atoms with Gasteiger partial charge in [0.1, 0.15) is 0 Å². The molecule has 6 rings (SSSR count). The molecule has 3 aliphatic rings. The Labute approximate surface area is 128 Å². The molecule has 0 spiro atoms. The summed E-state index contributed by atoms with van der Waals surface area (Å²) in [6, 6.07) is 11.8. The zero-order valence-electron chi connectivity index (χ0n) is 11.6. The number of fused-ring (bicyclic) bond motifs is 2. The molecule has 112 valence electrons. The van der Waals surface area contributed by atoms with E-state index in [2.05, 4.69) is 0 Å². The number of amides is 2. The highest BCUT2D eigenvalue weighted by Gasteiger charge is 2.32. The summed E-state index contributed by atoms with van der Waals surface area (Å²) < 4.78 is 1.21. The smallest absolute Gasteiger partial charge is 0.268 e. The van der Waals surface area contributed by atoms with Gasteiger partial charge in [0.2, 0.25) is 0 Å². The fraction of sp³-hybridized carbons (Fsp3) is 0. The maximum absolute atomic E-state index is 11.2. The molecule has 0 radical (unpaired) electrons. The minimum absolute atomic E-state index is 0.162. The van der Waals surface area contributed by atoms with Crippen LogP contribution in [0.2, 0.25) is 0 Å². The first-order valence-electron chi connectivity index (χ1n) is 6.76. The molecule has 4 bridgehead atoms. The van der Waals surface area contributed by atoms with E-state index in [1.165, 1.54) is 4.57 Å². The first-order chi connectivity index (χ1) is 11.0. The molecule has 2 N–H and O–H groups in total. The second-order valence-corrected chi connectivity index (χ2v) is 5.20. The Morgan fingerprint density at radius 1 is 0.739 bits per heavy atom. The molecular formula is C16H9N3O4. The van der Waals surface area contributed by atoms with Crippen molar-refractivity contribution < 1.29 is 14.4 Å². The number of hydrazine groups is 1. The summed E-state index contributed by atoms with van der Waals surface area (Å²) in [5.74, 6) is 4.18. The Bertz CT molecular complexity index is 1030. The van der Waals surface area contributed by atoms with Gasteiger partial charge in [0.05, 0.1) is 27.6 Å². The Kier molecular flexibility index (Phi) is 2.52. The normalized spacial score (nSPS) is 14.7. The lowest BCUT2D eigenvalue weighted by Gasteiger charge is -2.01. The highest BCUT2D eigenvalue weighted by Crippen LogP contribution is 2.22. The van der Waals surface area contributed by atoms with Crippen LogP contribution in [0.3, 0.4) is 0 Å². The van der Waals surface area contributed by atoms with Crippen LogP contribution < -0.4 is 11.4 Å². The number of pyridine rings is 2. The molecule has 3 aromatic rings. The molecule has 0 saturated carbocycles. The van der Waals surface area contributed by atoms with Gasteiger partial charge in [-0.3, -0.25) is 19.2 Å². The number of carbonyl (C=O) groups excluding carboxylic acids is 3. The van der Waals surface area contributed by atoms with Gasteiger partial charge in [-0.1, -0.05) is 12.1 Å². The van der Waals surface area contributed by atoms with E-state index in [0.717, 1.165) is 0 Å². The minimum atomic E-state index is -0.435. The molecule has 23 heavy (non-hydrogen) atoms. The van der Waals surface area contributed by atoms with Crippen LogP contribution in [0.5, 0.6) is 0 Å². The molecule has 1 aromatic heterocycles. The largest absolute Gasteiger partial charge is 0.275 e. The molecule has 3 aliphatic heterocycles. The first-order valence-corrected chi connectivity index (χ1v) is 6.76. The van der Waals surface area contributed by atoms with Crippen molar-refractivity contribution in [3.05, 3.63) is 69.5 Å². The van der Waals surface area contributed by atoms with E-state index in [1.807, 2.05) is 0 Å². The zero-order valence-corrected chi connectivity index (χ0v) is 11.6. The molecule has 0 saturated heterocycles. The van der Waals surface area contributed by atoms with Crippen LogP contribution in [0.1, 0.15) is 31.1 Å². The predicted molar refractivity (Wildman–Crippen MR) is 80.3 cm³/mol. The van der Waals surface area contributed by atoms with Gasteiger partial charge in [-0.05, 0) is 30.3 Å². The lowest BCUT2D eigenvalue weighted by Crippen LogP contribution is -2.36. The number of carbonyl (C=O) groups is 3. The second kappa shape index (κ2) is 4.34. The van der Waals surface area contributed by atoms with Crippen molar-refractivity contribution in [1.29, 1.82) is 0 Å². The lowest BCUT2D eigenvalue weighted by atomic mass is 10.1. The number of rotatable bonds is 0. The van der Waals surface area contributed by atoms with Crippen molar-refractivity contribution in [1.82, 2.24) is 9.58 Å². The summed E-state index contributed by atoms with van der Waals surface area (Å²) in [5.41, 5.74) is 1.87. The van der Waals surface area contributed by atoms with Crippen molar-refractivity contribution >= 4 is 28.6 Å². The molecule has 0 atom stereocenters. The number of hydrogen-bond acceptors (Lipinski definition) is 5. The maximum Gasteiger partial charge on any atom is 0.275 e. The van der Waals surface area contributed by atoms with Crippen LogP contribution in [-0.2, 0) is 0 Å². The van der Waals surface area contributed by atoms with Crippen LogP contribution in [0, 0.1) is 0 Å². The third kappa shape index (κ3) is 1.62. The van der Waals surface area contributed by atoms with Gasteiger partial charge in [-0.15, -0.1) is 0 Å². The summed E-state index contributed by atoms with van der Waals surface area (Å²) in [5, 5.41) is 1.18. The van der Waals surface area contributed by atoms with Crippen molar-refractivity contribution in [2.45, 2.75) is 0 Å². The van der Waals surface area contributed by atoms with E-state index in [4.69, 9.17) is 5.84 Å². The van der Waals surface area contributed by atoms with Crippen molar-refractivity contribution in [2.75, 3.05) is 0 Å². The first kappa shape index (κ1) is 13.4. The van der Waals surface area contributed by atoms with E-state index in [0.29, 0.717) is 32.6 Å². The molecule has 7 nitrogen and oxygen atoms in total. The van der Waals surface area contributed by atoms with Gasteiger partial charge in [-0.25, -0.2) is 15.4 Å². The van der Waals surface area contributed by atoms with E-state index in [9.17, 15) is 19.2 Å². The van der Waals surface area contributed by atoms with Crippen molar-refractivity contribution in [3.8, 4) is 0 Å². The van der Waals surface area contributed by atoms with Gasteiger partial charge < -0.3 is 0 Å². The van der Waals surface area contributed by atoms with E-state index < -0.39 is 11.8 Å². The molecule has 0 unspecified atom stereocenters. The van der Waals surface area contributed by atoms with Gasteiger partial charge in [0.15, 0.2) is 0 Å². The van der Waals surface area contributed by atoms with Crippen molar-refractivity contribution in [3.63, 3.8) is 0 Å². The quantitative estimate of drug-likeness (QED) is 0.291. The second-order valence-electron chi connectivity index (χ2n) is 5.20. The Morgan fingerprint density at radius 2 is 1.35 bits per heavy atom. The van der Waals surface area contributed by atoms with E-state index in [-0.39, 0.29) is 11.5 Å². The molecule has 4 heterocycles. The predicted octanol–water partition coefficient (Wildman–Crippen LogP) is 0.598. The molecule has 0 aliphatic carbocycles. The number of benzene rings is 2. The Morgan fingerprint density at radius 3 is 1.78 bits per heavy atom. The Hall–Kier alpha value is -3.32. The maximum atomic E-state index is 11.2. The molecular weight excluding hydrogens is 298 g/mol. The number of nitrogens with zero attached hydrogens (tertiary/aromatic N) is 2. The average Bonchev–Trinajstić information content (AvgIpc) is 3.06. The SMILES string of the molecule is NN1C(=O)c2ccccc2C1=O.O=C1c2cc3ccc2c(=O)n31. The molecule has 0 fully saturated rings. The Balaban J connectivity index is 0.000000118. The third-order valence-corrected chi connectivity index (χ3v) is 3.95. The lowest BCUT2D eigenvalue weighted by molar-refractivity contribution is 0.0653. The van der Waals surface area contributed by atoms with E-state index >= 15 is 0 Å². The molecule has 2 aromatic carbocycles. The van der Waals surface area contributed by atoms with Crippen LogP contribution in [0.15, 0.2) is 47.3 Å². The third-order valence-electron chi connectivity index (χ3n) is 3.95. The summed E-state index contributed by atoms with van der Waals surface area (Å²) in [7, 11) is 0. The van der Waals surface area contributed by atoms with Crippen molar-refractivity contribution in [2.24, 2.45) is 5.84 Å². The number of aromatic nitrogens is 1. The summed E-state index contributed by atoms with van der Waals surface area (Å²) in [6.45, 7) is 0. The number of nitrogens with two attached hydrogens (primary N) is 1. The van der Waals surface area contributed by atoms with Crippen LogP contribution in [-0.4, -0.2) is 27.3 Å². The molecule has 7 heteroatoms. The van der Waals surface area contributed by atoms with Gasteiger partial charge in [0, 0.05) is 0 Å². The zero-order chi connectivity index (χ0) is 16.3. The van der Waals surface area contributed by atoms with Gasteiger partial charge in [-0.2, -0.15) is 0 Å². The monoisotopic (exact) mass is 307 g/mol. The van der Waals surface area contributed by atoms with Crippen LogP contribution >= 0.6 is 0 Å². The fourth-order valence-electron chi connectivity index (χ4n) is 2.81. The summed E-state index contributed by atoms with van der Waals surface area (Å²) in [4.78, 5) is 44.8. The van der Waals surface area contributed by atoms with Crippen LogP contribution in [0.4, 0.5) is 0 Å². The molecule has 2 amide bonds. The van der Waals surface area contributed by atoms with Gasteiger partial charge >= 0.3 is 0 Å². The number of imide groups is 1. The highest BCUT2D eigenvalue weighted by atomic mass is 16.2. The van der Waals surface area contributed by atoms with Crippen LogP contribution in [0.25, 0.3) is 10.9 Å². The fourth-order valence-corrected chi connectivity index (χ4v) is 2.81. The topological polar surface area (TPSA) is 102 Å². The number of hydrogen-bond donors (Lipinski definition) is 1. The summed E-state index contributed by atoms with van der Waals surface area (Å²) in [6.07, 6.45) is 0. The summed E-state index contributed by atoms with van der Waals surface area (Å²) >= 11 is 0. The highest BCUT2D eigenvalue weighted by molar-refractivity contribution is 6.20. The van der Waals surface area contributed by atoms with E-state index in [1.54, 1.807) is 42.5 Å². The minimum Gasteiger partial charge on any atom is -0.268 e. The van der Waals surface area contributed by atoms with Gasteiger partial charge in [0.25, 0.3) is 23.3 Å².